The molecule has 0 radical (unpaired) electrons. The van der Waals surface area contributed by atoms with E-state index in [0.29, 0.717) is 12.6 Å². The zero-order valence-corrected chi connectivity index (χ0v) is 12.1. The lowest BCUT2D eigenvalue weighted by molar-refractivity contribution is -0.133. The van der Waals surface area contributed by atoms with E-state index in [1.165, 1.54) is 12.8 Å². The average molecular weight is 277 g/mol. The molecule has 1 amide bonds. The van der Waals surface area contributed by atoms with Crippen LogP contribution in [0.1, 0.15) is 46.0 Å². The topological polar surface area (TPSA) is 64.4 Å². The zero-order chi connectivity index (χ0) is 12.5. The van der Waals surface area contributed by atoms with Gasteiger partial charge in [-0.15, -0.1) is 12.4 Å². The van der Waals surface area contributed by atoms with Crippen molar-refractivity contribution in [3.63, 3.8) is 0 Å². The van der Waals surface area contributed by atoms with E-state index in [4.69, 9.17) is 10.5 Å². The van der Waals surface area contributed by atoms with Crippen LogP contribution in [0.3, 0.4) is 0 Å². The molecule has 2 rings (SSSR count). The Balaban J connectivity index is 0.00000162. The van der Waals surface area contributed by atoms with Crippen molar-refractivity contribution in [1.29, 1.82) is 0 Å². The van der Waals surface area contributed by atoms with E-state index in [1.807, 2.05) is 0 Å². The number of hydrogen-bond acceptors (Lipinski definition) is 3. The number of carbonyl (C=O) groups is 1. The summed E-state index contributed by atoms with van der Waals surface area (Å²) in [5.41, 5.74) is 5.77. The smallest absolute Gasteiger partial charge is 0.249 e. The first-order chi connectivity index (χ1) is 8.03. The molecule has 18 heavy (non-hydrogen) atoms. The molecule has 3 N–H and O–H groups in total. The van der Waals surface area contributed by atoms with Gasteiger partial charge in [0.25, 0.3) is 0 Å². The molecule has 0 aromatic rings. The molecule has 1 saturated heterocycles. The highest BCUT2D eigenvalue weighted by Crippen LogP contribution is 2.37. The Hall–Kier alpha value is -0.320. The van der Waals surface area contributed by atoms with Gasteiger partial charge in [-0.25, -0.2) is 0 Å². The SMILES string of the molecule is CC1(C)CCCC1NC(=O)[C@@H]1CC[C@H](CN)O1.Cl. The number of rotatable bonds is 3. The number of nitrogens with one attached hydrogen (secondary N) is 1. The third-order valence-corrected chi connectivity index (χ3v) is 4.24. The molecule has 1 unspecified atom stereocenters. The standard InChI is InChI=1S/C13H24N2O2.ClH/c1-13(2)7-3-4-11(13)15-12(16)10-6-5-9(8-14)17-10;/h9-11H,3-8,14H2,1-2H3,(H,15,16);1H/t9-,10+,11?;/m1./s1. The maximum absolute atomic E-state index is 12.1. The van der Waals surface area contributed by atoms with E-state index in [2.05, 4.69) is 19.2 Å². The highest BCUT2D eigenvalue weighted by atomic mass is 35.5. The Labute approximate surface area is 115 Å². The zero-order valence-electron chi connectivity index (χ0n) is 11.3. The predicted octanol–water partition coefficient (Wildman–Crippen LogP) is 1.61. The van der Waals surface area contributed by atoms with Crippen LogP contribution in [0.2, 0.25) is 0 Å². The number of carbonyl (C=O) groups excluding carboxylic acids is 1. The van der Waals surface area contributed by atoms with Crippen LogP contribution in [0.25, 0.3) is 0 Å². The summed E-state index contributed by atoms with van der Waals surface area (Å²) in [4.78, 5) is 12.1. The molecule has 2 fully saturated rings. The quantitative estimate of drug-likeness (QED) is 0.823. The monoisotopic (exact) mass is 276 g/mol. The fraction of sp³-hybridized carbons (Fsp3) is 0.923. The third-order valence-electron chi connectivity index (χ3n) is 4.24. The summed E-state index contributed by atoms with van der Waals surface area (Å²) in [5.74, 6) is 0.0564. The Morgan fingerprint density at radius 3 is 2.61 bits per heavy atom. The van der Waals surface area contributed by atoms with E-state index < -0.39 is 0 Å². The van der Waals surface area contributed by atoms with Crippen molar-refractivity contribution in [2.75, 3.05) is 6.54 Å². The first-order valence-electron chi connectivity index (χ1n) is 6.69. The lowest BCUT2D eigenvalue weighted by atomic mass is 9.87. The van der Waals surface area contributed by atoms with Gasteiger partial charge < -0.3 is 15.8 Å². The van der Waals surface area contributed by atoms with Crippen LogP contribution in [-0.2, 0) is 9.53 Å². The van der Waals surface area contributed by atoms with Gasteiger partial charge in [0, 0.05) is 12.6 Å². The Morgan fingerprint density at radius 1 is 1.39 bits per heavy atom. The first kappa shape index (κ1) is 15.7. The van der Waals surface area contributed by atoms with Crippen LogP contribution >= 0.6 is 12.4 Å². The van der Waals surface area contributed by atoms with Crippen molar-refractivity contribution in [2.45, 2.75) is 64.2 Å². The summed E-state index contributed by atoms with van der Waals surface area (Å²) in [5, 5.41) is 3.15. The summed E-state index contributed by atoms with van der Waals surface area (Å²) in [6, 6.07) is 0.301. The molecule has 1 saturated carbocycles. The fourth-order valence-electron chi connectivity index (χ4n) is 2.93. The third kappa shape index (κ3) is 3.37. The minimum absolute atomic E-state index is 0. The molecule has 0 spiro atoms. The molecule has 1 aliphatic heterocycles. The Morgan fingerprint density at radius 2 is 2.11 bits per heavy atom. The molecule has 5 heteroatoms. The van der Waals surface area contributed by atoms with Gasteiger partial charge in [-0.1, -0.05) is 20.3 Å². The first-order valence-corrected chi connectivity index (χ1v) is 6.69. The number of amides is 1. The van der Waals surface area contributed by atoms with E-state index in [0.717, 1.165) is 19.3 Å². The lowest BCUT2D eigenvalue weighted by Crippen LogP contribution is -2.46. The van der Waals surface area contributed by atoms with E-state index in [9.17, 15) is 4.79 Å². The second-order valence-corrected chi connectivity index (χ2v) is 6.00. The summed E-state index contributed by atoms with van der Waals surface area (Å²) in [6.45, 7) is 4.96. The average Bonchev–Trinajstić information content (AvgIpc) is 2.86. The maximum atomic E-state index is 12.1. The Bertz CT molecular complexity index is 297. The second-order valence-electron chi connectivity index (χ2n) is 6.00. The molecule has 4 nitrogen and oxygen atoms in total. The molecular weight excluding hydrogens is 252 g/mol. The van der Waals surface area contributed by atoms with Crippen molar-refractivity contribution in [3.8, 4) is 0 Å². The van der Waals surface area contributed by atoms with Crippen molar-refractivity contribution in [2.24, 2.45) is 11.1 Å². The van der Waals surface area contributed by atoms with Crippen LogP contribution < -0.4 is 11.1 Å². The van der Waals surface area contributed by atoms with Gasteiger partial charge in [0.05, 0.1) is 6.10 Å². The summed E-state index contributed by atoms with van der Waals surface area (Å²) in [7, 11) is 0. The van der Waals surface area contributed by atoms with Gasteiger partial charge in [0.2, 0.25) is 5.91 Å². The van der Waals surface area contributed by atoms with E-state index in [-0.39, 0.29) is 35.9 Å². The maximum Gasteiger partial charge on any atom is 0.249 e. The minimum atomic E-state index is -0.278. The van der Waals surface area contributed by atoms with Gasteiger partial charge in [-0.3, -0.25) is 4.79 Å². The van der Waals surface area contributed by atoms with Crippen molar-refractivity contribution >= 4 is 18.3 Å². The highest BCUT2D eigenvalue weighted by molar-refractivity contribution is 5.85. The molecular formula is C13H25ClN2O2. The van der Waals surface area contributed by atoms with Crippen LogP contribution in [0.5, 0.6) is 0 Å². The van der Waals surface area contributed by atoms with Crippen molar-refractivity contribution < 1.29 is 9.53 Å². The summed E-state index contributed by atoms with van der Waals surface area (Å²) < 4.78 is 5.61. The molecule has 106 valence electrons. The number of hydrogen-bond donors (Lipinski definition) is 2. The predicted molar refractivity (Wildman–Crippen MR) is 73.8 cm³/mol. The van der Waals surface area contributed by atoms with E-state index >= 15 is 0 Å². The van der Waals surface area contributed by atoms with Crippen LogP contribution in [0.4, 0.5) is 0 Å². The number of halogens is 1. The van der Waals surface area contributed by atoms with Gasteiger partial charge in [0.15, 0.2) is 0 Å². The molecule has 0 bridgehead atoms. The van der Waals surface area contributed by atoms with Crippen LogP contribution in [0.15, 0.2) is 0 Å². The van der Waals surface area contributed by atoms with Crippen LogP contribution in [0, 0.1) is 5.41 Å². The molecule has 1 heterocycles. The number of nitrogens with two attached hydrogens (primary N) is 1. The lowest BCUT2D eigenvalue weighted by Gasteiger charge is -2.28. The highest BCUT2D eigenvalue weighted by Gasteiger charge is 2.38. The van der Waals surface area contributed by atoms with Crippen molar-refractivity contribution in [3.05, 3.63) is 0 Å². The van der Waals surface area contributed by atoms with Gasteiger partial charge in [-0.2, -0.15) is 0 Å². The normalized spacial score (nSPS) is 34.1. The van der Waals surface area contributed by atoms with Gasteiger partial charge in [0.1, 0.15) is 6.10 Å². The van der Waals surface area contributed by atoms with Gasteiger partial charge in [-0.05, 0) is 31.1 Å². The molecule has 0 aromatic carbocycles. The largest absolute Gasteiger partial charge is 0.364 e. The Kier molecular flexibility index (Phi) is 5.44. The summed E-state index contributed by atoms with van der Waals surface area (Å²) in [6.07, 6.45) is 4.99. The molecule has 3 atom stereocenters. The second kappa shape index (κ2) is 6.22. The molecule has 1 aliphatic carbocycles. The van der Waals surface area contributed by atoms with E-state index in [1.54, 1.807) is 0 Å². The summed E-state index contributed by atoms with van der Waals surface area (Å²) >= 11 is 0. The fourth-order valence-corrected chi connectivity index (χ4v) is 2.93. The molecule has 0 aromatic heterocycles. The minimum Gasteiger partial charge on any atom is -0.364 e. The number of ether oxygens (including phenoxy) is 1. The van der Waals surface area contributed by atoms with Gasteiger partial charge >= 0.3 is 0 Å². The molecule has 2 aliphatic rings. The van der Waals surface area contributed by atoms with Crippen LogP contribution in [-0.4, -0.2) is 30.7 Å². The van der Waals surface area contributed by atoms with Crippen molar-refractivity contribution in [1.82, 2.24) is 5.32 Å².